The Kier molecular flexibility index (Phi) is 4.49. The summed E-state index contributed by atoms with van der Waals surface area (Å²) in [4.78, 5) is 4.91. The van der Waals surface area contributed by atoms with Crippen molar-refractivity contribution in [1.29, 1.82) is 5.26 Å². The lowest BCUT2D eigenvalue weighted by molar-refractivity contribution is 0.590. The normalized spacial score (nSPS) is 11.5. The lowest BCUT2D eigenvalue weighted by Gasteiger charge is -2.19. The first kappa shape index (κ1) is 18.0. The van der Waals surface area contributed by atoms with Crippen molar-refractivity contribution in [2.75, 3.05) is 0 Å². The number of hydrogen-bond donors (Lipinski definition) is 0. The van der Waals surface area contributed by atoms with E-state index in [4.69, 9.17) is 4.98 Å². The molecule has 0 spiro atoms. The average Bonchev–Trinajstić information content (AvgIpc) is 3.06. The fraction of sp³-hybridized carbons (Fsp3) is 0.200. The highest BCUT2D eigenvalue weighted by Gasteiger charge is 2.16. The van der Waals surface area contributed by atoms with Crippen molar-refractivity contribution in [1.82, 2.24) is 9.55 Å². The second kappa shape index (κ2) is 6.98. The van der Waals surface area contributed by atoms with Crippen molar-refractivity contribution in [3.63, 3.8) is 0 Å². The summed E-state index contributed by atoms with van der Waals surface area (Å²) >= 11 is 0. The van der Waals surface area contributed by atoms with Gasteiger partial charge in [0.15, 0.2) is 0 Å². The summed E-state index contributed by atoms with van der Waals surface area (Å²) in [6.07, 6.45) is 0. The summed E-state index contributed by atoms with van der Waals surface area (Å²) in [6.45, 7) is 7.27. The number of aromatic nitrogens is 2. The van der Waals surface area contributed by atoms with Crippen LogP contribution < -0.4 is 0 Å². The van der Waals surface area contributed by atoms with Gasteiger partial charge in [0.05, 0.1) is 29.2 Å². The van der Waals surface area contributed by atoms with Gasteiger partial charge in [0.2, 0.25) is 0 Å². The maximum Gasteiger partial charge on any atom is 0.141 e. The highest BCUT2D eigenvalue weighted by molar-refractivity contribution is 5.80. The maximum absolute atomic E-state index is 9.48. The van der Waals surface area contributed by atoms with Crippen LogP contribution in [0.1, 0.15) is 37.5 Å². The van der Waals surface area contributed by atoms with Gasteiger partial charge in [-0.05, 0) is 34.7 Å². The number of hydrogen-bond acceptors (Lipinski definition) is 2. The Hall–Kier alpha value is -3.38. The molecule has 3 nitrogen and oxygen atoms in total. The van der Waals surface area contributed by atoms with Crippen molar-refractivity contribution in [2.45, 2.75) is 32.7 Å². The molecule has 4 rings (SSSR count). The number of rotatable bonds is 3. The van der Waals surface area contributed by atoms with Crippen LogP contribution >= 0.6 is 0 Å². The molecule has 1 aromatic heterocycles. The standard InChI is InChI=1S/C25H23N3/c1-25(2,3)21-14-12-18(13-15-21)24-27-22-10-6-7-11-23(22)28(24)17-20-9-5-4-8-19(20)16-26/h4-15H,17H2,1-3H3. The minimum atomic E-state index is 0.115. The topological polar surface area (TPSA) is 41.6 Å². The van der Waals surface area contributed by atoms with Gasteiger partial charge < -0.3 is 4.57 Å². The number of nitrogens with zero attached hydrogens (tertiary/aromatic N) is 3. The van der Waals surface area contributed by atoms with Crippen molar-refractivity contribution < 1.29 is 0 Å². The highest BCUT2D eigenvalue weighted by atomic mass is 15.1. The van der Waals surface area contributed by atoms with Crippen LogP contribution in [-0.2, 0) is 12.0 Å². The Balaban J connectivity index is 1.85. The molecule has 28 heavy (non-hydrogen) atoms. The first-order valence-corrected chi connectivity index (χ1v) is 9.51. The summed E-state index contributed by atoms with van der Waals surface area (Å²) in [5.74, 6) is 0.925. The number of para-hydroxylation sites is 2. The molecule has 0 radical (unpaired) electrons. The first-order valence-electron chi connectivity index (χ1n) is 9.51. The van der Waals surface area contributed by atoms with Gasteiger partial charge in [-0.25, -0.2) is 4.98 Å². The molecule has 0 aliphatic carbocycles. The van der Waals surface area contributed by atoms with E-state index in [-0.39, 0.29) is 5.41 Å². The van der Waals surface area contributed by atoms with Gasteiger partial charge in [0, 0.05) is 5.56 Å². The fourth-order valence-electron chi connectivity index (χ4n) is 3.51. The van der Waals surface area contributed by atoms with Crippen LogP contribution in [0.5, 0.6) is 0 Å². The molecule has 3 aromatic carbocycles. The summed E-state index contributed by atoms with van der Waals surface area (Å²) in [5, 5.41) is 9.48. The Morgan fingerprint density at radius 2 is 1.57 bits per heavy atom. The smallest absolute Gasteiger partial charge is 0.141 e. The molecular formula is C25H23N3. The van der Waals surface area contributed by atoms with E-state index in [1.54, 1.807) is 0 Å². The lowest BCUT2D eigenvalue weighted by Crippen LogP contribution is -2.10. The molecule has 3 heteroatoms. The van der Waals surface area contributed by atoms with Gasteiger partial charge in [0.1, 0.15) is 5.82 Å². The summed E-state index contributed by atoms with van der Waals surface area (Å²) < 4.78 is 2.21. The van der Waals surface area contributed by atoms with E-state index in [0.717, 1.165) is 28.0 Å². The van der Waals surface area contributed by atoms with Crippen LogP contribution in [0.4, 0.5) is 0 Å². The fourth-order valence-corrected chi connectivity index (χ4v) is 3.51. The van der Waals surface area contributed by atoms with Gasteiger partial charge in [0.25, 0.3) is 0 Å². The Morgan fingerprint density at radius 3 is 2.29 bits per heavy atom. The van der Waals surface area contributed by atoms with Gasteiger partial charge >= 0.3 is 0 Å². The summed E-state index contributed by atoms with van der Waals surface area (Å²) in [6, 6.07) is 26.9. The van der Waals surface area contributed by atoms with Gasteiger partial charge in [-0.1, -0.05) is 75.4 Å². The van der Waals surface area contributed by atoms with Gasteiger partial charge in [-0.3, -0.25) is 0 Å². The summed E-state index contributed by atoms with van der Waals surface area (Å²) in [5.41, 5.74) is 6.24. The van der Waals surface area contributed by atoms with Crippen molar-refractivity contribution in [2.24, 2.45) is 0 Å². The number of nitriles is 1. The molecule has 0 amide bonds. The van der Waals surface area contributed by atoms with Crippen molar-refractivity contribution in [3.8, 4) is 17.5 Å². The number of imidazole rings is 1. The molecule has 4 aromatic rings. The number of benzene rings is 3. The third kappa shape index (κ3) is 3.30. The Bertz CT molecular complexity index is 1170. The molecule has 0 fully saturated rings. The Morgan fingerprint density at radius 1 is 0.893 bits per heavy atom. The zero-order chi connectivity index (χ0) is 19.7. The zero-order valence-electron chi connectivity index (χ0n) is 16.5. The predicted octanol–water partition coefficient (Wildman–Crippen LogP) is 5.92. The van der Waals surface area contributed by atoms with E-state index in [1.807, 2.05) is 42.5 Å². The molecule has 0 saturated heterocycles. The molecule has 0 aliphatic rings. The van der Waals surface area contributed by atoms with Gasteiger partial charge in [-0.2, -0.15) is 5.26 Å². The molecule has 0 N–H and O–H groups in total. The van der Waals surface area contributed by atoms with Crippen LogP contribution in [-0.4, -0.2) is 9.55 Å². The Labute approximate surface area is 165 Å². The molecule has 138 valence electrons. The first-order chi connectivity index (χ1) is 13.5. The highest BCUT2D eigenvalue weighted by Crippen LogP contribution is 2.29. The van der Waals surface area contributed by atoms with Crippen LogP contribution in [0.2, 0.25) is 0 Å². The second-order valence-electron chi connectivity index (χ2n) is 8.11. The minimum Gasteiger partial charge on any atom is -0.319 e. The predicted molar refractivity (Wildman–Crippen MR) is 114 cm³/mol. The zero-order valence-corrected chi connectivity index (χ0v) is 16.5. The molecule has 1 heterocycles. The van der Waals surface area contributed by atoms with E-state index < -0.39 is 0 Å². The van der Waals surface area contributed by atoms with E-state index >= 15 is 0 Å². The van der Waals surface area contributed by atoms with E-state index in [9.17, 15) is 5.26 Å². The quantitative estimate of drug-likeness (QED) is 0.452. The molecule has 0 bridgehead atoms. The van der Waals surface area contributed by atoms with Crippen LogP contribution in [0.15, 0.2) is 72.8 Å². The average molecular weight is 365 g/mol. The largest absolute Gasteiger partial charge is 0.319 e. The molecule has 0 aliphatic heterocycles. The third-order valence-electron chi connectivity index (χ3n) is 5.13. The maximum atomic E-state index is 9.48. The SMILES string of the molecule is CC(C)(C)c1ccc(-c2nc3ccccc3n2Cc2ccccc2C#N)cc1. The van der Waals surface area contributed by atoms with Crippen molar-refractivity contribution >= 4 is 11.0 Å². The van der Waals surface area contributed by atoms with E-state index in [1.165, 1.54) is 5.56 Å². The van der Waals surface area contributed by atoms with Crippen molar-refractivity contribution in [3.05, 3.63) is 89.5 Å². The molecule has 0 unspecified atom stereocenters. The lowest BCUT2D eigenvalue weighted by atomic mass is 9.86. The molecular weight excluding hydrogens is 342 g/mol. The minimum absolute atomic E-state index is 0.115. The molecule has 0 atom stereocenters. The second-order valence-corrected chi connectivity index (χ2v) is 8.11. The molecule has 0 saturated carbocycles. The van der Waals surface area contributed by atoms with Crippen LogP contribution in [0.3, 0.4) is 0 Å². The summed E-state index contributed by atoms with van der Waals surface area (Å²) in [7, 11) is 0. The van der Waals surface area contributed by atoms with Crippen LogP contribution in [0.25, 0.3) is 22.4 Å². The monoisotopic (exact) mass is 365 g/mol. The van der Waals surface area contributed by atoms with Crippen LogP contribution in [0, 0.1) is 11.3 Å². The van der Waals surface area contributed by atoms with E-state index in [2.05, 4.69) is 61.7 Å². The third-order valence-corrected chi connectivity index (χ3v) is 5.13. The van der Waals surface area contributed by atoms with Gasteiger partial charge in [-0.15, -0.1) is 0 Å². The number of fused-ring (bicyclic) bond motifs is 1. The van der Waals surface area contributed by atoms with E-state index in [0.29, 0.717) is 12.1 Å².